The van der Waals surface area contributed by atoms with Gasteiger partial charge in [-0.1, -0.05) is 37.3 Å². The van der Waals surface area contributed by atoms with Gasteiger partial charge in [-0.05, 0) is 51.5 Å². The number of amides is 2. The first-order chi connectivity index (χ1) is 14.0. The first-order valence-electron chi connectivity index (χ1n) is 10.5. The van der Waals surface area contributed by atoms with Crippen LogP contribution in [0.4, 0.5) is 4.79 Å². The quantitative estimate of drug-likeness (QED) is 0.732. The largest absolute Gasteiger partial charge is 0.481 e. The number of piperidine rings is 1. The van der Waals surface area contributed by atoms with E-state index >= 15 is 0 Å². The van der Waals surface area contributed by atoms with Crippen LogP contribution in [0.2, 0.25) is 0 Å². The maximum Gasteiger partial charge on any atom is 0.410 e. The molecular weight excluding hydrogens is 384 g/mol. The number of likely N-dealkylation sites (tertiary alicyclic amines) is 1. The van der Waals surface area contributed by atoms with E-state index in [9.17, 15) is 19.5 Å². The van der Waals surface area contributed by atoms with Crippen LogP contribution in [0, 0.1) is 17.8 Å². The molecule has 0 aliphatic carbocycles. The van der Waals surface area contributed by atoms with E-state index in [-0.39, 0.29) is 36.3 Å². The molecule has 30 heavy (non-hydrogen) atoms. The Balaban J connectivity index is 1.97. The number of ether oxygens (including phenoxy) is 1. The fourth-order valence-electron chi connectivity index (χ4n) is 4.00. The van der Waals surface area contributed by atoms with Gasteiger partial charge in [0.05, 0.1) is 12.0 Å². The molecule has 1 heterocycles. The van der Waals surface area contributed by atoms with Crippen LogP contribution >= 0.6 is 0 Å². The van der Waals surface area contributed by atoms with Crippen molar-refractivity contribution < 1.29 is 24.2 Å². The van der Waals surface area contributed by atoms with Crippen molar-refractivity contribution in [1.29, 1.82) is 0 Å². The zero-order valence-corrected chi connectivity index (χ0v) is 18.6. The number of hydrogen-bond acceptors (Lipinski definition) is 4. The molecule has 1 aliphatic rings. The minimum atomic E-state index is -0.972. The van der Waals surface area contributed by atoms with Gasteiger partial charge in [-0.2, -0.15) is 0 Å². The summed E-state index contributed by atoms with van der Waals surface area (Å²) in [6.07, 6.45) is 0.0708. The summed E-state index contributed by atoms with van der Waals surface area (Å²) in [5, 5.41) is 12.7. The zero-order valence-electron chi connectivity index (χ0n) is 18.6. The van der Waals surface area contributed by atoms with Gasteiger partial charge in [0.15, 0.2) is 0 Å². The fourth-order valence-corrected chi connectivity index (χ4v) is 4.00. The Labute approximate surface area is 178 Å². The lowest BCUT2D eigenvalue weighted by Crippen LogP contribution is -2.48. The molecule has 2 amide bonds. The van der Waals surface area contributed by atoms with Crippen LogP contribution in [0.3, 0.4) is 0 Å². The summed E-state index contributed by atoms with van der Waals surface area (Å²) in [6.45, 7) is 10.1. The van der Waals surface area contributed by atoms with Crippen LogP contribution < -0.4 is 5.32 Å². The van der Waals surface area contributed by atoms with E-state index in [2.05, 4.69) is 5.32 Å². The van der Waals surface area contributed by atoms with E-state index in [4.69, 9.17) is 4.74 Å². The predicted octanol–water partition coefficient (Wildman–Crippen LogP) is 3.85. The number of rotatable bonds is 6. The first kappa shape index (κ1) is 23.7. The average molecular weight is 419 g/mol. The SMILES string of the molecule is CC(NC(=O)CC(C(=O)O)C1CCN(C(=O)OC(C)(C)C)CC1C)c1ccccc1. The molecular formula is C23H34N2O5. The molecule has 0 bridgehead atoms. The Bertz CT molecular complexity index is 744. The van der Waals surface area contributed by atoms with E-state index in [1.54, 1.807) is 4.90 Å². The highest BCUT2D eigenvalue weighted by molar-refractivity contribution is 5.82. The van der Waals surface area contributed by atoms with Gasteiger partial charge in [-0.25, -0.2) is 4.79 Å². The number of carbonyl (C=O) groups excluding carboxylic acids is 2. The Morgan fingerprint density at radius 2 is 1.87 bits per heavy atom. The Morgan fingerprint density at radius 1 is 1.23 bits per heavy atom. The van der Waals surface area contributed by atoms with Gasteiger partial charge >= 0.3 is 12.1 Å². The van der Waals surface area contributed by atoms with Gasteiger partial charge < -0.3 is 20.1 Å². The predicted molar refractivity (Wildman–Crippen MR) is 114 cm³/mol. The minimum absolute atomic E-state index is 0.0493. The smallest absolute Gasteiger partial charge is 0.410 e. The van der Waals surface area contributed by atoms with E-state index < -0.39 is 17.5 Å². The van der Waals surface area contributed by atoms with Crippen molar-refractivity contribution in [2.45, 2.75) is 59.1 Å². The summed E-state index contributed by atoms with van der Waals surface area (Å²) in [5.41, 5.74) is 0.394. The van der Waals surface area contributed by atoms with Crippen molar-refractivity contribution in [3.63, 3.8) is 0 Å². The number of carboxylic acids is 1. The fraction of sp³-hybridized carbons (Fsp3) is 0.609. The summed E-state index contributed by atoms with van der Waals surface area (Å²) in [7, 11) is 0. The van der Waals surface area contributed by atoms with Gasteiger partial charge in [-0.3, -0.25) is 9.59 Å². The number of carboxylic acid groups (broad SMARTS) is 1. The maximum atomic E-state index is 12.6. The van der Waals surface area contributed by atoms with Gasteiger partial charge in [0.2, 0.25) is 5.91 Å². The highest BCUT2D eigenvalue weighted by Gasteiger charge is 2.39. The molecule has 2 N–H and O–H groups in total. The van der Waals surface area contributed by atoms with E-state index in [1.165, 1.54) is 0 Å². The van der Waals surface area contributed by atoms with E-state index in [0.717, 1.165) is 5.56 Å². The van der Waals surface area contributed by atoms with Crippen molar-refractivity contribution in [1.82, 2.24) is 10.2 Å². The molecule has 1 fully saturated rings. The van der Waals surface area contributed by atoms with Crippen LogP contribution in [-0.4, -0.2) is 46.7 Å². The van der Waals surface area contributed by atoms with Crippen molar-refractivity contribution in [3.05, 3.63) is 35.9 Å². The minimum Gasteiger partial charge on any atom is -0.481 e. The topological polar surface area (TPSA) is 95.9 Å². The molecule has 1 saturated heterocycles. The molecule has 0 radical (unpaired) electrons. The van der Waals surface area contributed by atoms with Crippen LogP contribution in [-0.2, 0) is 14.3 Å². The monoisotopic (exact) mass is 418 g/mol. The average Bonchev–Trinajstić information content (AvgIpc) is 2.65. The molecule has 1 aromatic rings. The first-order valence-corrected chi connectivity index (χ1v) is 10.5. The van der Waals surface area contributed by atoms with Crippen LogP contribution in [0.25, 0.3) is 0 Å². The normalized spacial score (nSPS) is 21.4. The second-order valence-corrected chi connectivity index (χ2v) is 9.20. The lowest BCUT2D eigenvalue weighted by atomic mass is 9.76. The molecule has 1 aromatic carbocycles. The summed E-state index contributed by atoms with van der Waals surface area (Å²) >= 11 is 0. The second-order valence-electron chi connectivity index (χ2n) is 9.20. The summed E-state index contributed by atoms with van der Waals surface area (Å²) in [6, 6.07) is 9.36. The lowest BCUT2D eigenvalue weighted by Gasteiger charge is -2.39. The molecule has 7 nitrogen and oxygen atoms in total. The number of benzene rings is 1. The van der Waals surface area contributed by atoms with Crippen LogP contribution in [0.1, 0.15) is 59.1 Å². The van der Waals surface area contributed by atoms with E-state index in [1.807, 2.05) is 65.0 Å². The van der Waals surface area contributed by atoms with Gasteiger partial charge in [-0.15, -0.1) is 0 Å². The highest BCUT2D eigenvalue weighted by atomic mass is 16.6. The summed E-state index contributed by atoms with van der Waals surface area (Å²) in [5.74, 6) is -2.27. The molecule has 0 saturated carbocycles. The Morgan fingerprint density at radius 3 is 2.40 bits per heavy atom. The number of hydrogen-bond donors (Lipinski definition) is 2. The van der Waals surface area contributed by atoms with Crippen LogP contribution in [0.5, 0.6) is 0 Å². The molecule has 1 aliphatic heterocycles. The third-order valence-corrected chi connectivity index (χ3v) is 5.54. The molecule has 0 spiro atoms. The van der Waals surface area contributed by atoms with Crippen LogP contribution in [0.15, 0.2) is 30.3 Å². The summed E-state index contributed by atoms with van der Waals surface area (Å²) < 4.78 is 5.43. The highest BCUT2D eigenvalue weighted by Crippen LogP contribution is 2.33. The lowest BCUT2D eigenvalue weighted by molar-refractivity contribution is -0.148. The van der Waals surface area contributed by atoms with Gasteiger partial charge in [0.25, 0.3) is 0 Å². The zero-order chi connectivity index (χ0) is 22.5. The molecule has 4 atom stereocenters. The molecule has 166 valence electrons. The van der Waals surface area contributed by atoms with Gasteiger partial charge in [0.1, 0.15) is 5.60 Å². The van der Waals surface area contributed by atoms with Gasteiger partial charge in [0, 0.05) is 19.5 Å². The van der Waals surface area contributed by atoms with Crippen molar-refractivity contribution in [2.75, 3.05) is 13.1 Å². The third kappa shape index (κ3) is 6.75. The molecule has 7 heteroatoms. The number of aliphatic carboxylic acids is 1. The molecule has 2 rings (SSSR count). The Kier molecular flexibility index (Phi) is 7.87. The van der Waals surface area contributed by atoms with Crippen molar-refractivity contribution in [2.24, 2.45) is 17.8 Å². The second kappa shape index (κ2) is 9.96. The maximum absolute atomic E-state index is 12.6. The van der Waals surface area contributed by atoms with E-state index in [0.29, 0.717) is 19.5 Å². The third-order valence-electron chi connectivity index (χ3n) is 5.54. The van der Waals surface area contributed by atoms with Crippen molar-refractivity contribution >= 4 is 18.0 Å². The standard InChI is InChI=1S/C23H34N2O5/c1-15-14-25(22(29)30-23(3,4)5)12-11-18(15)19(21(27)28)13-20(26)24-16(2)17-9-7-6-8-10-17/h6-10,15-16,18-19H,11-14H2,1-5H3,(H,24,26)(H,27,28). The molecule has 4 unspecified atom stereocenters. The van der Waals surface area contributed by atoms with Crippen molar-refractivity contribution in [3.8, 4) is 0 Å². The number of carbonyl (C=O) groups is 3. The number of nitrogens with one attached hydrogen (secondary N) is 1. The Hall–Kier alpha value is -2.57. The molecule has 0 aromatic heterocycles. The summed E-state index contributed by atoms with van der Waals surface area (Å²) in [4.78, 5) is 38.5. The number of nitrogens with zero attached hydrogens (tertiary/aromatic N) is 1.